The first-order valence-electron chi connectivity index (χ1n) is 19.9. The molecule has 0 bridgehead atoms. The average molecular weight is 770 g/mol. The molecule has 57 heavy (non-hydrogen) atoms. The Morgan fingerprint density at radius 1 is 0.860 bits per heavy atom. The molecule has 1 unspecified atom stereocenters. The summed E-state index contributed by atoms with van der Waals surface area (Å²) in [4.78, 5) is 76.1. The summed E-state index contributed by atoms with van der Waals surface area (Å²) in [6.45, 7) is 11.7. The van der Waals surface area contributed by atoms with E-state index in [4.69, 9.17) is 0 Å². The number of aryl methyl sites for hydroxylation is 1. The highest BCUT2D eigenvalue weighted by molar-refractivity contribution is 6.24. The topological polar surface area (TPSA) is 150 Å². The summed E-state index contributed by atoms with van der Waals surface area (Å²) in [5, 5.41) is 12.5. The summed E-state index contributed by atoms with van der Waals surface area (Å²) in [6, 6.07) is 14.3. The highest BCUT2D eigenvalue weighted by atomic mass is 19.1. The van der Waals surface area contributed by atoms with Crippen molar-refractivity contribution in [3.8, 4) is 6.07 Å². The molecule has 3 fully saturated rings. The number of nitriles is 1. The van der Waals surface area contributed by atoms with Crippen LogP contribution in [0.1, 0.15) is 111 Å². The monoisotopic (exact) mass is 769 g/mol. The third-order valence-corrected chi connectivity index (χ3v) is 13.0. The Morgan fingerprint density at radius 2 is 1.61 bits per heavy atom. The van der Waals surface area contributed by atoms with Crippen molar-refractivity contribution in [2.75, 3.05) is 44.2 Å². The minimum absolute atomic E-state index is 0.000214. The van der Waals surface area contributed by atoms with E-state index in [1.54, 1.807) is 12.1 Å². The van der Waals surface area contributed by atoms with Crippen molar-refractivity contribution in [1.29, 1.82) is 5.26 Å². The zero-order valence-corrected chi connectivity index (χ0v) is 32.3. The van der Waals surface area contributed by atoms with E-state index >= 15 is 4.39 Å². The van der Waals surface area contributed by atoms with Gasteiger partial charge in [0.1, 0.15) is 11.9 Å². The summed E-state index contributed by atoms with van der Waals surface area (Å²) >= 11 is 0. The highest BCUT2D eigenvalue weighted by Gasteiger charge is 2.47. The van der Waals surface area contributed by atoms with Crippen LogP contribution in [-0.4, -0.2) is 100 Å². The number of halogens is 1. The molecule has 0 spiro atoms. The van der Waals surface area contributed by atoms with Crippen LogP contribution in [0, 0.1) is 17.1 Å². The Kier molecular flexibility index (Phi) is 8.90. The normalized spacial score (nSPS) is 21.5. The molecule has 1 aromatic heterocycles. The molecule has 3 saturated heterocycles. The number of fused-ring (bicyclic) bond motifs is 5. The van der Waals surface area contributed by atoms with Crippen LogP contribution in [0.25, 0.3) is 10.9 Å². The summed E-state index contributed by atoms with van der Waals surface area (Å²) in [5.41, 5.74) is 6.57. The number of piperidine rings is 2. The van der Waals surface area contributed by atoms with Crippen molar-refractivity contribution >= 4 is 46.0 Å². The minimum Gasteiger partial charge on any atom is -0.371 e. The zero-order chi connectivity index (χ0) is 39.9. The third-order valence-electron chi connectivity index (χ3n) is 13.0. The number of aromatic nitrogens is 1. The minimum atomic E-state index is -1.14. The largest absolute Gasteiger partial charge is 0.371 e. The fraction of sp³-hybridized carbons (Fsp3) is 0.409. The van der Waals surface area contributed by atoms with Crippen molar-refractivity contribution in [2.24, 2.45) is 0 Å². The van der Waals surface area contributed by atoms with E-state index in [-0.39, 0.29) is 29.8 Å². The van der Waals surface area contributed by atoms with Crippen LogP contribution in [0.15, 0.2) is 42.5 Å². The Bertz CT molecular complexity index is 2470. The molecule has 13 heteroatoms. The molecule has 5 aliphatic rings. The number of nitrogens with zero attached hydrogens (tertiary/aromatic N) is 5. The molecule has 0 radical (unpaired) electrons. The van der Waals surface area contributed by atoms with Gasteiger partial charge in [0.25, 0.3) is 11.8 Å². The maximum absolute atomic E-state index is 15.9. The SMILES string of the molecule is CCc1cc2c(cc1N1CCC(N3CCN(Cc4ccc5c(c4F)C(=O)N(C4CCC(=O)NC4=O)C5=O)CC3)CC1)C(C)(C)c1[nH]c3cc(C#N)ccc3c1C2=O. The second kappa shape index (κ2) is 13.7. The first-order valence-corrected chi connectivity index (χ1v) is 19.9. The van der Waals surface area contributed by atoms with Crippen LogP contribution in [0.3, 0.4) is 0 Å². The van der Waals surface area contributed by atoms with Gasteiger partial charge < -0.3 is 9.88 Å². The lowest BCUT2D eigenvalue weighted by molar-refractivity contribution is -0.136. The zero-order valence-electron chi connectivity index (χ0n) is 32.3. The summed E-state index contributed by atoms with van der Waals surface area (Å²) in [6.07, 6.45) is 2.81. The van der Waals surface area contributed by atoms with Crippen molar-refractivity contribution in [3.63, 3.8) is 0 Å². The lowest BCUT2D eigenvalue weighted by Crippen LogP contribution is -2.54. The lowest BCUT2D eigenvalue weighted by Gasteiger charge is -2.44. The fourth-order valence-electron chi connectivity index (χ4n) is 9.84. The van der Waals surface area contributed by atoms with Gasteiger partial charge in [0, 0.05) is 97.1 Å². The van der Waals surface area contributed by atoms with Gasteiger partial charge in [-0.15, -0.1) is 0 Å². The summed E-state index contributed by atoms with van der Waals surface area (Å²) < 4.78 is 15.9. The summed E-state index contributed by atoms with van der Waals surface area (Å²) in [7, 11) is 0. The van der Waals surface area contributed by atoms with Gasteiger partial charge in [-0.3, -0.25) is 44.0 Å². The molecule has 1 aliphatic carbocycles. The molecule has 4 aromatic rings. The average Bonchev–Trinajstić information content (AvgIpc) is 3.73. The number of aromatic amines is 1. The standard InChI is InChI=1S/C44H44FN7O5/c1-4-25-20-30-31(44(2,3)40-37(39(30)54)28-7-5-24(22-46)19-32(28)47-40)21-34(25)51-13-11-27(12-14-51)50-17-15-49(16-18-50)23-26-6-8-29-36(38(26)45)43(57)52(42(29)56)33-9-10-35(53)48-41(33)55/h5-8,19-21,27,33,47H,4,9-18,23H2,1-3H3,(H,48,53,55). The number of H-pyrrole nitrogens is 1. The van der Waals surface area contributed by atoms with Gasteiger partial charge in [-0.1, -0.05) is 32.9 Å². The maximum atomic E-state index is 15.9. The van der Waals surface area contributed by atoms with E-state index in [1.165, 1.54) is 11.8 Å². The number of ketones is 1. The smallest absolute Gasteiger partial charge is 0.265 e. The highest BCUT2D eigenvalue weighted by Crippen LogP contribution is 2.46. The number of hydrogen-bond acceptors (Lipinski definition) is 9. The van der Waals surface area contributed by atoms with E-state index in [9.17, 15) is 29.2 Å². The molecular formula is C44H44FN7O5. The lowest BCUT2D eigenvalue weighted by atomic mass is 9.70. The number of amides is 4. The van der Waals surface area contributed by atoms with Crippen LogP contribution in [0.5, 0.6) is 0 Å². The van der Waals surface area contributed by atoms with E-state index in [0.29, 0.717) is 29.3 Å². The molecule has 12 nitrogen and oxygen atoms in total. The first-order chi connectivity index (χ1) is 27.4. The van der Waals surface area contributed by atoms with Crippen molar-refractivity contribution < 1.29 is 28.4 Å². The van der Waals surface area contributed by atoms with Gasteiger partial charge in [-0.2, -0.15) is 5.26 Å². The molecule has 9 rings (SSSR count). The molecule has 4 aliphatic heterocycles. The Morgan fingerprint density at radius 3 is 2.32 bits per heavy atom. The molecule has 4 amide bonds. The van der Waals surface area contributed by atoms with Gasteiger partial charge in [0.15, 0.2) is 5.78 Å². The molecule has 2 N–H and O–H groups in total. The van der Waals surface area contributed by atoms with E-state index in [0.717, 1.165) is 96.7 Å². The first kappa shape index (κ1) is 36.9. The van der Waals surface area contributed by atoms with Crippen LogP contribution >= 0.6 is 0 Å². The van der Waals surface area contributed by atoms with Crippen molar-refractivity contribution in [3.05, 3.63) is 98.5 Å². The second-order valence-electron chi connectivity index (χ2n) is 16.5. The van der Waals surface area contributed by atoms with Gasteiger partial charge in [0.05, 0.1) is 28.3 Å². The number of carbonyl (C=O) groups is 5. The fourth-order valence-corrected chi connectivity index (χ4v) is 9.84. The quantitative estimate of drug-likeness (QED) is 0.264. The number of hydrogen-bond donors (Lipinski definition) is 2. The number of rotatable bonds is 6. The van der Waals surface area contributed by atoms with Crippen LogP contribution in [-0.2, 0) is 28.0 Å². The van der Waals surface area contributed by atoms with E-state index < -0.39 is 40.9 Å². The summed E-state index contributed by atoms with van der Waals surface area (Å²) in [5.74, 6) is -3.44. The number of anilines is 1. The molecule has 1 atom stereocenters. The third kappa shape index (κ3) is 5.87. The predicted octanol–water partition coefficient (Wildman–Crippen LogP) is 4.80. The van der Waals surface area contributed by atoms with Crippen molar-refractivity contribution in [1.82, 2.24) is 25.0 Å². The van der Waals surface area contributed by atoms with Crippen LogP contribution < -0.4 is 10.2 Å². The number of nitrogens with one attached hydrogen (secondary N) is 2. The molecule has 292 valence electrons. The number of imide groups is 2. The predicted molar refractivity (Wildman–Crippen MR) is 210 cm³/mol. The number of benzene rings is 3. The number of carbonyl (C=O) groups excluding carboxylic acids is 5. The van der Waals surface area contributed by atoms with Gasteiger partial charge in [-0.25, -0.2) is 4.39 Å². The number of piperazine rings is 1. The molecule has 5 heterocycles. The Balaban J connectivity index is 0.848. The second-order valence-corrected chi connectivity index (χ2v) is 16.5. The van der Waals surface area contributed by atoms with Crippen molar-refractivity contribution in [2.45, 2.75) is 76.9 Å². The molecule has 3 aromatic carbocycles. The van der Waals surface area contributed by atoms with Gasteiger partial charge in [0.2, 0.25) is 11.8 Å². The maximum Gasteiger partial charge on any atom is 0.265 e. The van der Waals surface area contributed by atoms with Gasteiger partial charge in [-0.05, 0) is 67.1 Å². The molecular weight excluding hydrogens is 726 g/mol. The van der Waals surface area contributed by atoms with E-state index in [2.05, 4.69) is 64.0 Å². The Labute approximate surface area is 329 Å². The molecule has 0 saturated carbocycles. The van der Waals surface area contributed by atoms with Crippen LogP contribution in [0.2, 0.25) is 0 Å². The Hall–Kier alpha value is -5.71. The van der Waals surface area contributed by atoms with Crippen LogP contribution in [0.4, 0.5) is 10.1 Å². The van der Waals surface area contributed by atoms with E-state index in [1.807, 2.05) is 12.1 Å². The van der Waals surface area contributed by atoms with Gasteiger partial charge >= 0.3 is 0 Å².